The number of primary sulfonamides is 1. The summed E-state index contributed by atoms with van der Waals surface area (Å²) in [5.74, 6) is -0.101. The first kappa shape index (κ1) is 20.5. The Labute approximate surface area is 178 Å². The highest BCUT2D eigenvalue weighted by atomic mass is 32.2. The number of carbonyl (C=O) groups is 1. The molecular weight excluding hydrogens is 416 g/mol. The molecule has 3 N–H and O–H groups in total. The van der Waals surface area contributed by atoms with Gasteiger partial charge < -0.3 is 9.73 Å². The number of hydrogen-bond acceptors (Lipinski definition) is 5. The van der Waals surface area contributed by atoms with E-state index in [0.717, 1.165) is 5.56 Å². The minimum atomic E-state index is -3.83. The van der Waals surface area contributed by atoms with E-state index in [4.69, 9.17) is 9.56 Å². The summed E-state index contributed by atoms with van der Waals surface area (Å²) in [4.78, 5) is 25.8. The molecule has 0 saturated heterocycles. The zero-order valence-corrected chi connectivity index (χ0v) is 17.3. The van der Waals surface area contributed by atoms with Gasteiger partial charge in [-0.25, -0.2) is 13.6 Å². The molecule has 1 aromatic heterocycles. The molecule has 0 bridgehead atoms. The number of amides is 1. The van der Waals surface area contributed by atoms with E-state index in [9.17, 15) is 18.0 Å². The Hall–Kier alpha value is -3.75. The quantitative estimate of drug-likeness (QED) is 0.508. The monoisotopic (exact) mass is 434 g/mol. The van der Waals surface area contributed by atoms with Crippen molar-refractivity contribution in [1.82, 2.24) is 0 Å². The second kappa shape index (κ2) is 7.82. The summed E-state index contributed by atoms with van der Waals surface area (Å²) in [6.45, 7) is 1.69. The Morgan fingerprint density at radius 3 is 2.26 bits per heavy atom. The molecule has 4 aromatic rings. The number of anilines is 1. The molecule has 3 aromatic carbocycles. The molecule has 0 aliphatic heterocycles. The van der Waals surface area contributed by atoms with Crippen LogP contribution in [0.1, 0.15) is 15.9 Å². The lowest BCUT2D eigenvalue weighted by atomic mass is 10.0. The molecule has 7 nitrogen and oxygen atoms in total. The first-order chi connectivity index (χ1) is 14.8. The number of nitrogens with one attached hydrogen (secondary N) is 1. The van der Waals surface area contributed by atoms with Crippen LogP contribution >= 0.6 is 0 Å². The maximum Gasteiger partial charge on any atom is 0.259 e. The molecule has 0 saturated carbocycles. The van der Waals surface area contributed by atoms with Gasteiger partial charge in [0.1, 0.15) is 5.76 Å². The molecule has 0 radical (unpaired) electrons. The molecule has 0 unspecified atom stereocenters. The third-order valence-electron chi connectivity index (χ3n) is 4.87. The van der Waals surface area contributed by atoms with Crippen molar-refractivity contribution < 1.29 is 17.6 Å². The molecule has 0 spiro atoms. The van der Waals surface area contributed by atoms with E-state index in [0.29, 0.717) is 22.4 Å². The second-order valence-corrected chi connectivity index (χ2v) is 8.52. The fourth-order valence-electron chi connectivity index (χ4n) is 3.28. The largest absolute Gasteiger partial charge is 0.455 e. The fourth-order valence-corrected chi connectivity index (χ4v) is 3.80. The van der Waals surface area contributed by atoms with Crippen LogP contribution in [0.3, 0.4) is 0 Å². The highest BCUT2D eigenvalue weighted by molar-refractivity contribution is 7.89. The molecule has 1 amide bonds. The lowest BCUT2D eigenvalue weighted by molar-refractivity contribution is 0.102. The van der Waals surface area contributed by atoms with Crippen LogP contribution in [0, 0.1) is 6.92 Å². The number of carbonyl (C=O) groups excluding carboxylic acids is 1. The van der Waals surface area contributed by atoms with Gasteiger partial charge in [0.15, 0.2) is 11.0 Å². The number of fused-ring (bicyclic) bond motifs is 1. The van der Waals surface area contributed by atoms with Crippen molar-refractivity contribution in [2.45, 2.75) is 11.8 Å². The minimum Gasteiger partial charge on any atom is -0.455 e. The van der Waals surface area contributed by atoms with Crippen LogP contribution in [0.5, 0.6) is 0 Å². The van der Waals surface area contributed by atoms with Crippen molar-refractivity contribution >= 4 is 32.6 Å². The van der Waals surface area contributed by atoms with Crippen LogP contribution in [-0.2, 0) is 10.0 Å². The lowest BCUT2D eigenvalue weighted by Crippen LogP contribution is -2.15. The summed E-state index contributed by atoms with van der Waals surface area (Å²) in [5, 5.41) is 8.08. The predicted octanol–water partition coefficient (Wildman–Crippen LogP) is 3.67. The van der Waals surface area contributed by atoms with Gasteiger partial charge in [-0.05, 0) is 43.3 Å². The third-order valence-corrected chi connectivity index (χ3v) is 5.80. The Morgan fingerprint density at radius 2 is 1.61 bits per heavy atom. The number of nitrogens with two attached hydrogens (primary N) is 1. The average molecular weight is 434 g/mol. The molecule has 1 heterocycles. The molecule has 0 aliphatic rings. The zero-order valence-electron chi connectivity index (χ0n) is 16.5. The predicted molar refractivity (Wildman–Crippen MR) is 118 cm³/mol. The molecular formula is C23H18N2O5S. The maximum atomic E-state index is 12.9. The summed E-state index contributed by atoms with van der Waals surface area (Å²) in [5.41, 5.74) is 1.69. The average Bonchev–Trinajstić information content (AvgIpc) is 2.76. The van der Waals surface area contributed by atoms with Crippen LogP contribution in [0.4, 0.5) is 5.69 Å². The van der Waals surface area contributed by atoms with Crippen LogP contribution in [0.25, 0.3) is 22.3 Å². The molecule has 4 rings (SSSR count). The zero-order chi connectivity index (χ0) is 22.2. The summed E-state index contributed by atoms with van der Waals surface area (Å²) < 4.78 is 28.8. The standard InChI is InChI=1S/C23H18N2O5S/c1-14-20(26)18-8-5-9-19(22(18)30-21(14)15-6-3-2-4-7-15)23(27)25-16-10-12-17(13-11-16)31(24,28)29/h2-13H,1H3,(H,25,27)(H2,24,28,29). The summed E-state index contributed by atoms with van der Waals surface area (Å²) >= 11 is 0. The molecule has 0 atom stereocenters. The van der Waals surface area contributed by atoms with Gasteiger partial charge in [0.25, 0.3) is 5.91 Å². The van der Waals surface area contributed by atoms with Crippen molar-refractivity contribution in [2.24, 2.45) is 5.14 Å². The van der Waals surface area contributed by atoms with Gasteiger partial charge in [-0.2, -0.15) is 0 Å². The maximum absolute atomic E-state index is 12.9. The van der Waals surface area contributed by atoms with Crippen LogP contribution in [0.15, 0.2) is 86.9 Å². The van der Waals surface area contributed by atoms with Gasteiger partial charge in [0.2, 0.25) is 10.0 Å². The van der Waals surface area contributed by atoms with Gasteiger partial charge in [-0.15, -0.1) is 0 Å². The van der Waals surface area contributed by atoms with E-state index in [1.165, 1.54) is 24.3 Å². The van der Waals surface area contributed by atoms with Gasteiger partial charge >= 0.3 is 0 Å². The van der Waals surface area contributed by atoms with Crippen molar-refractivity contribution in [3.8, 4) is 11.3 Å². The van der Waals surface area contributed by atoms with E-state index in [1.54, 1.807) is 25.1 Å². The van der Waals surface area contributed by atoms with E-state index in [-0.39, 0.29) is 21.5 Å². The van der Waals surface area contributed by atoms with Crippen LogP contribution in [-0.4, -0.2) is 14.3 Å². The number of benzene rings is 3. The number of sulfonamides is 1. The van der Waals surface area contributed by atoms with Gasteiger partial charge in [0, 0.05) is 16.8 Å². The highest BCUT2D eigenvalue weighted by Crippen LogP contribution is 2.27. The SMILES string of the molecule is Cc1c(-c2ccccc2)oc2c(C(=O)Nc3ccc(S(N)(=O)=O)cc3)cccc2c1=O. The third kappa shape index (κ3) is 3.98. The Bertz CT molecular complexity index is 1460. The van der Waals surface area contributed by atoms with E-state index >= 15 is 0 Å². The molecule has 31 heavy (non-hydrogen) atoms. The Balaban J connectivity index is 1.78. The van der Waals surface area contributed by atoms with Crippen molar-refractivity contribution in [3.63, 3.8) is 0 Å². The number of rotatable bonds is 4. The van der Waals surface area contributed by atoms with Gasteiger partial charge in [-0.3, -0.25) is 9.59 Å². The van der Waals surface area contributed by atoms with Crippen LogP contribution in [0.2, 0.25) is 0 Å². The first-order valence-electron chi connectivity index (χ1n) is 9.32. The topological polar surface area (TPSA) is 119 Å². The van der Waals surface area contributed by atoms with E-state index in [2.05, 4.69) is 5.32 Å². The van der Waals surface area contributed by atoms with Gasteiger partial charge in [0.05, 0.1) is 15.8 Å². The molecule has 0 aliphatic carbocycles. The molecule has 0 fully saturated rings. The minimum absolute atomic E-state index is 0.0652. The smallest absolute Gasteiger partial charge is 0.259 e. The van der Waals surface area contributed by atoms with Crippen molar-refractivity contribution in [1.29, 1.82) is 0 Å². The number of para-hydroxylation sites is 1. The fraction of sp³-hybridized carbons (Fsp3) is 0.0435. The van der Waals surface area contributed by atoms with Crippen LogP contribution < -0.4 is 15.9 Å². The molecule has 156 valence electrons. The Morgan fingerprint density at radius 1 is 0.935 bits per heavy atom. The second-order valence-electron chi connectivity index (χ2n) is 6.96. The lowest BCUT2D eigenvalue weighted by Gasteiger charge is -2.11. The Kier molecular flexibility index (Phi) is 5.18. The van der Waals surface area contributed by atoms with E-state index < -0.39 is 15.9 Å². The van der Waals surface area contributed by atoms with Gasteiger partial charge in [-0.1, -0.05) is 36.4 Å². The van der Waals surface area contributed by atoms with E-state index in [1.807, 2.05) is 30.3 Å². The van der Waals surface area contributed by atoms with Crippen molar-refractivity contribution in [3.05, 3.63) is 94.1 Å². The summed E-state index contributed by atoms with van der Waals surface area (Å²) in [6, 6.07) is 19.4. The summed E-state index contributed by atoms with van der Waals surface area (Å²) in [7, 11) is -3.83. The number of hydrogen-bond donors (Lipinski definition) is 2. The molecule has 8 heteroatoms. The normalized spacial score (nSPS) is 11.4. The summed E-state index contributed by atoms with van der Waals surface area (Å²) in [6.07, 6.45) is 0. The van der Waals surface area contributed by atoms with Crippen molar-refractivity contribution in [2.75, 3.05) is 5.32 Å². The first-order valence-corrected chi connectivity index (χ1v) is 10.9. The highest BCUT2D eigenvalue weighted by Gasteiger charge is 2.18.